The summed E-state index contributed by atoms with van der Waals surface area (Å²) in [5, 5.41) is 0.655. The Bertz CT molecular complexity index is 1380. The quantitative estimate of drug-likeness (QED) is 0.306. The molecule has 2 aromatic carbocycles. The molecule has 0 radical (unpaired) electrons. The first-order chi connectivity index (χ1) is 17.9. The first-order valence-electron chi connectivity index (χ1n) is 11.6. The lowest BCUT2D eigenvalue weighted by molar-refractivity contribution is -0.118. The van der Waals surface area contributed by atoms with Gasteiger partial charge in [0.1, 0.15) is 30.4 Å². The molecule has 37 heavy (non-hydrogen) atoms. The maximum Gasteiger partial charge on any atom is 0.231 e. The average Bonchev–Trinajstić information content (AvgIpc) is 2.89. The maximum atomic E-state index is 12.4. The van der Waals surface area contributed by atoms with E-state index in [1.54, 1.807) is 56.7 Å². The Morgan fingerprint density at radius 2 is 1.78 bits per heavy atom. The van der Waals surface area contributed by atoms with Crippen molar-refractivity contribution in [2.24, 2.45) is 5.73 Å². The Balaban J connectivity index is 1.60. The molecule has 0 unspecified atom stereocenters. The zero-order chi connectivity index (χ0) is 26.4. The van der Waals surface area contributed by atoms with Crippen LogP contribution in [0.3, 0.4) is 0 Å². The molecule has 2 N–H and O–H groups in total. The summed E-state index contributed by atoms with van der Waals surface area (Å²) in [5.74, 6) is 1.50. The van der Waals surface area contributed by atoms with Gasteiger partial charge in [0, 0.05) is 27.3 Å². The van der Waals surface area contributed by atoms with Crippen LogP contribution in [0.2, 0.25) is 0 Å². The zero-order valence-electron chi connectivity index (χ0n) is 21.2. The summed E-state index contributed by atoms with van der Waals surface area (Å²) in [4.78, 5) is 27.5. The topological polar surface area (TPSA) is 122 Å². The van der Waals surface area contributed by atoms with Crippen LogP contribution in [-0.4, -0.2) is 62.4 Å². The van der Waals surface area contributed by atoms with Crippen molar-refractivity contribution >= 4 is 22.6 Å². The van der Waals surface area contributed by atoms with Gasteiger partial charge in [-0.1, -0.05) is 18.2 Å². The number of pyridine rings is 1. The standard InChI is InChI=1S/C27H29N5O5/c1-32(2)24-7-5-6-20(31-24)25(26(28)33)17-8-10-18(11-9-17)37-27-19-14-22(35-4)23(36-13-12-34-3)15-21(19)29-16-30-27/h5-11,14-16,25H,12-13H2,1-4H3,(H2,28,33)/t25-/m1/s1. The summed E-state index contributed by atoms with van der Waals surface area (Å²) in [6, 6.07) is 16.2. The molecule has 4 rings (SSSR count). The normalized spacial score (nSPS) is 11.7. The van der Waals surface area contributed by atoms with E-state index in [0.717, 1.165) is 5.82 Å². The third kappa shape index (κ3) is 5.87. The minimum Gasteiger partial charge on any atom is -0.493 e. The van der Waals surface area contributed by atoms with Crippen molar-refractivity contribution in [3.05, 3.63) is 72.2 Å². The van der Waals surface area contributed by atoms with E-state index in [4.69, 9.17) is 24.7 Å². The lowest BCUT2D eigenvalue weighted by Crippen LogP contribution is -2.24. The molecular formula is C27H29N5O5. The zero-order valence-corrected chi connectivity index (χ0v) is 21.2. The van der Waals surface area contributed by atoms with Gasteiger partial charge in [0.05, 0.1) is 30.3 Å². The minimum atomic E-state index is -0.699. The van der Waals surface area contributed by atoms with Crippen molar-refractivity contribution in [1.82, 2.24) is 15.0 Å². The molecule has 2 heterocycles. The summed E-state index contributed by atoms with van der Waals surface area (Å²) < 4.78 is 22.4. The number of hydrogen-bond donors (Lipinski definition) is 1. The number of ether oxygens (including phenoxy) is 4. The van der Waals surface area contributed by atoms with Crippen molar-refractivity contribution in [1.29, 1.82) is 0 Å². The Morgan fingerprint density at radius 3 is 2.46 bits per heavy atom. The Morgan fingerprint density at radius 1 is 1.00 bits per heavy atom. The van der Waals surface area contributed by atoms with Crippen molar-refractivity contribution in [3.63, 3.8) is 0 Å². The lowest BCUT2D eigenvalue weighted by atomic mass is 9.94. The molecule has 4 aromatic rings. The van der Waals surface area contributed by atoms with Crippen LogP contribution < -0.4 is 24.8 Å². The Labute approximate surface area is 215 Å². The Hall–Kier alpha value is -4.44. The molecule has 1 atom stereocenters. The van der Waals surface area contributed by atoms with Gasteiger partial charge in [0.15, 0.2) is 11.5 Å². The number of fused-ring (bicyclic) bond motifs is 1. The third-order valence-electron chi connectivity index (χ3n) is 5.65. The fourth-order valence-electron chi connectivity index (χ4n) is 3.80. The van der Waals surface area contributed by atoms with E-state index >= 15 is 0 Å². The second-order valence-corrected chi connectivity index (χ2v) is 8.36. The van der Waals surface area contributed by atoms with Crippen molar-refractivity contribution < 1.29 is 23.7 Å². The molecular weight excluding hydrogens is 474 g/mol. The van der Waals surface area contributed by atoms with E-state index in [-0.39, 0.29) is 0 Å². The molecule has 0 spiro atoms. The molecule has 0 bridgehead atoms. The summed E-state index contributed by atoms with van der Waals surface area (Å²) in [6.07, 6.45) is 1.42. The van der Waals surface area contributed by atoms with Crippen molar-refractivity contribution in [2.45, 2.75) is 5.92 Å². The number of benzene rings is 2. The number of carbonyl (C=O) groups is 1. The number of hydrogen-bond acceptors (Lipinski definition) is 9. The van der Waals surface area contributed by atoms with E-state index in [1.807, 2.05) is 31.1 Å². The summed E-state index contributed by atoms with van der Waals surface area (Å²) in [6.45, 7) is 0.823. The number of anilines is 1. The molecule has 10 nitrogen and oxygen atoms in total. The molecule has 192 valence electrons. The number of nitrogens with zero attached hydrogens (tertiary/aromatic N) is 4. The van der Waals surface area contributed by atoms with Crippen LogP contribution >= 0.6 is 0 Å². The molecule has 0 aliphatic rings. The second-order valence-electron chi connectivity index (χ2n) is 8.36. The van der Waals surface area contributed by atoms with E-state index in [9.17, 15) is 4.79 Å². The molecule has 0 saturated carbocycles. The van der Waals surface area contributed by atoms with E-state index in [1.165, 1.54) is 6.33 Å². The highest BCUT2D eigenvalue weighted by Gasteiger charge is 2.22. The number of aromatic nitrogens is 3. The first-order valence-corrected chi connectivity index (χ1v) is 11.6. The average molecular weight is 504 g/mol. The number of amides is 1. The largest absolute Gasteiger partial charge is 0.493 e. The molecule has 0 aliphatic carbocycles. The van der Waals surface area contributed by atoms with Crippen LogP contribution in [0.25, 0.3) is 10.9 Å². The van der Waals surface area contributed by atoms with Gasteiger partial charge in [-0.05, 0) is 35.9 Å². The molecule has 0 saturated heterocycles. The Kier molecular flexibility index (Phi) is 7.99. The van der Waals surface area contributed by atoms with Gasteiger partial charge in [-0.25, -0.2) is 15.0 Å². The molecule has 2 aromatic heterocycles. The number of methoxy groups -OCH3 is 2. The summed E-state index contributed by atoms with van der Waals surface area (Å²) in [5.41, 5.74) is 7.67. The molecule has 0 fully saturated rings. The highest BCUT2D eigenvalue weighted by atomic mass is 16.5. The number of primary amides is 1. The summed E-state index contributed by atoms with van der Waals surface area (Å²) >= 11 is 0. The van der Waals surface area contributed by atoms with Gasteiger partial charge in [-0.15, -0.1) is 0 Å². The van der Waals surface area contributed by atoms with E-state index < -0.39 is 11.8 Å². The maximum absolute atomic E-state index is 12.4. The highest BCUT2D eigenvalue weighted by molar-refractivity contribution is 5.87. The van der Waals surface area contributed by atoms with Gasteiger partial charge in [0.25, 0.3) is 0 Å². The second kappa shape index (κ2) is 11.5. The number of carbonyl (C=O) groups excluding carboxylic acids is 1. The van der Waals surface area contributed by atoms with Gasteiger partial charge in [-0.3, -0.25) is 4.79 Å². The molecule has 0 aliphatic heterocycles. The molecule has 10 heteroatoms. The van der Waals surface area contributed by atoms with Crippen LogP contribution in [0.1, 0.15) is 17.2 Å². The predicted molar refractivity (Wildman–Crippen MR) is 140 cm³/mol. The van der Waals surface area contributed by atoms with Crippen LogP contribution in [-0.2, 0) is 9.53 Å². The fraction of sp³-hybridized carbons (Fsp3) is 0.259. The van der Waals surface area contributed by atoms with Crippen LogP contribution in [0.15, 0.2) is 60.9 Å². The monoisotopic (exact) mass is 503 g/mol. The van der Waals surface area contributed by atoms with E-state index in [0.29, 0.717) is 58.5 Å². The number of rotatable bonds is 11. The van der Waals surface area contributed by atoms with Gasteiger partial charge in [0.2, 0.25) is 11.8 Å². The van der Waals surface area contributed by atoms with Crippen LogP contribution in [0, 0.1) is 0 Å². The van der Waals surface area contributed by atoms with Crippen molar-refractivity contribution in [2.75, 3.05) is 46.4 Å². The fourth-order valence-corrected chi connectivity index (χ4v) is 3.80. The summed E-state index contributed by atoms with van der Waals surface area (Å²) in [7, 11) is 6.95. The minimum absolute atomic E-state index is 0.353. The van der Waals surface area contributed by atoms with Gasteiger partial charge >= 0.3 is 0 Å². The van der Waals surface area contributed by atoms with Crippen LogP contribution in [0.4, 0.5) is 5.82 Å². The first kappa shape index (κ1) is 25.6. The van der Waals surface area contributed by atoms with Gasteiger partial charge < -0.3 is 29.6 Å². The van der Waals surface area contributed by atoms with E-state index in [2.05, 4.69) is 15.0 Å². The SMILES string of the molecule is COCCOc1cc2ncnc(Oc3ccc([C@@H](C(N)=O)c4cccc(N(C)C)n4)cc3)c2cc1OC. The van der Waals surface area contributed by atoms with Crippen molar-refractivity contribution in [3.8, 4) is 23.1 Å². The van der Waals surface area contributed by atoms with Crippen LogP contribution in [0.5, 0.6) is 23.1 Å². The smallest absolute Gasteiger partial charge is 0.231 e. The predicted octanol–water partition coefficient (Wildman–Crippen LogP) is 3.53. The number of nitrogens with two attached hydrogens (primary N) is 1. The third-order valence-corrected chi connectivity index (χ3v) is 5.65. The lowest BCUT2D eigenvalue weighted by Gasteiger charge is -2.17. The highest BCUT2D eigenvalue weighted by Crippen LogP contribution is 2.36. The molecule has 1 amide bonds. The van der Waals surface area contributed by atoms with Gasteiger partial charge in [-0.2, -0.15) is 0 Å².